The molecule has 0 radical (unpaired) electrons. The monoisotopic (exact) mass is 357 g/mol. The van der Waals surface area contributed by atoms with E-state index in [1.807, 2.05) is 69.3 Å². The van der Waals surface area contributed by atoms with Gasteiger partial charge in [0.15, 0.2) is 0 Å². The van der Waals surface area contributed by atoms with Crippen LogP contribution in [-0.2, 0) is 0 Å². The zero-order chi connectivity index (χ0) is 19.0. The third-order valence-electron chi connectivity index (χ3n) is 4.56. The van der Waals surface area contributed by atoms with E-state index in [0.29, 0.717) is 28.1 Å². The maximum absolute atomic E-state index is 13.1. The van der Waals surface area contributed by atoms with E-state index < -0.39 is 0 Å². The summed E-state index contributed by atoms with van der Waals surface area (Å²) in [6.07, 6.45) is 0. The van der Waals surface area contributed by atoms with Gasteiger partial charge in [0.25, 0.3) is 11.6 Å². The second-order valence-corrected chi connectivity index (χ2v) is 6.64. The summed E-state index contributed by atoms with van der Waals surface area (Å²) >= 11 is 0. The number of hydrogen-bond donors (Lipinski definition) is 1. The Bertz CT molecular complexity index is 1150. The van der Waals surface area contributed by atoms with Gasteiger partial charge in [-0.25, -0.2) is 4.98 Å². The van der Waals surface area contributed by atoms with Gasteiger partial charge in [-0.2, -0.15) is 0 Å². The summed E-state index contributed by atoms with van der Waals surface area (Å²) in [6.45, 7) is 5.81. The van der Waals surface area contributed by atoms with Crippen molar-refractivity contribution < 1.29 is 9.32 Å². The Labute approximate surface area is 157 Å². The van der Waals surface area contributed by atoms with Crippen LogP contribution in [0.15, 0.2) is 59.1 Å². The van der Waals surface area contributed by atoms with Gasteiger partial charge in [-0.15, -0.1) is 0 Å². The SMILES string of the molecule is Cc1ccc(NC(=O)c2cc(-c3ccccc3)nc3onc(C)c23)c(C)c1. The van der Waals surface area contributed by atoms with Gasteiger partial charge >= 0.3 is 0 Å². The van der Waals surface area contributed by atoms with Gasteiger partial charge < -0.3 is 9.84 Å². The Morgan fingerprint density at radius 2 is 1.78 bits per heavy atom. The molecule has 0 bridgehead atoms. The number of rotatable bonds is 3. The third-order valence-corrected chi connectivity index (χ3v) is 4.56. The lowest BCUT2D eigenvalue weighted by molar-refractivity contribution is 0.102. The van der Waals surface area contributed by atoms with Crippen LogP contribution < -0.4 is 5.32 Å². The van der Waals surface area contributed by atoms with Crippen molar-refractivity contribution in [3.8, 4) is 11.3 Å². The highest BCUT2D eigenvalue weighted by molar-refractivity contribution is 6.13. The standard InChI is InChI=1S/C22H19N3O2/c1-13-9-10-18(14(2)11-13)23-21(26)17-12-19(16-7-5-4-6-8-16)24-22-20(17)15(3)25-27-22/h4-12H,1-3H3,(H,23,26). The molecule has 0 saturated heterocycles. The molecule has 0 aliphatic heterocycles. The molecule has 4 aromatic rings. The molecule has 2 aromatic heterocycles. The van der Waals surface area contributed by atoms with Crippen LogP contribution in [-0.4, -0.2) is 16.0 Å². The predicted molar refractivity (Wildman–Crippen MR) is 106 cm³/mol. The number of carbonyl (C=O) groups excluding carboxylic acids is 1. The van der Waals surface area contributed by atoms with Crippen LogP contribution in [0, 0.1) is 20.8 Å². The summed E-state index contributed by atoms with van der Waals surface area (Å²) < 4.78 is 5.35. The molecule has 0 saturated carbocycles. The quantitative estimate of drug-likeness (QED) is 0.556. The minimum Gasteiger partial charge on any atom is -0.335 e. The van der Waals surface area contributed by atoms with Crippen LogP contribution in [0.25, 0.3) is 22.4 Å². The van der Waals surface area contributed by atoms with Gasteiger partial charge in [-0.1, -0.05) is 53.2 Å². The molecular weight excluding hydrogens is 338 g/mol. The average Bonchev–Trinajstić information content (AvgIpc) is 3.05. The number of anilines is 1. The zero-order valence-corrected chi connectivity index (χ0v) is 15.4. The van der Waals surface area contributed by atoms with E-state index in [1.54, 1.807) is 6.07 Å². The van der Waals surface area contributed by atoms with E-state index in [2.05, 4.69) is 15.5 Å². The number of nitrogens with zero attached hydrogens (tertiary/aromatic N) is 2. The molecule has 2 aromatic carbocycles. The molecule has 0 unspecified atom stereocenters. The fraction of sp³-hybridized carbons (Fsp3) is 0.136. The lowest BCUT2D eigenvalue weighted by Gasteiger charge is -2.11. The Hall–Kier alpha value is -3.47. The third kappa shape index (κ3) is 3.19. The maximum Gasteiger partial charge on any atom is 0.259 e. The Kier molecular flexibility index (Phi) is 4.20. The van der Waals surface area contributed by atoms with Crippen LogP contribution in [0.5, 0.6) is 0 Å². The second kappa shape index (κ2) is 6.68. The van der Waals surface area contributed by atoms with Gasteiger partial charge in [0.05, 0.1) is 22.3 Å². The number of hydrogen-bond acceptors (Lipinski definition) is 4. The first-order valence-corrected chi connectivity index (χ1v) is 8.74. The van der Waals surface area contributed by atoms with Crippen LogP contribution in [0.3, 0.4) is 0 Å². The molecule has 4 rings (SSSR count). The van der Waals surface area contributed by atoms with Crippen molar-refractivity contribution in [3.05, 3.63) is 77.0 Å². The molecule has 5 nitrogen and oxygen atoms in total. The molecule has 1 amide bonds. The van der Waals surface area contributed by atoms with Crippen LogP contribution in [0.4, 0.5) is 5.69 Å². The lowest BCUT2D eigenvalue weighted by Crippen LogP contribution is -2.14. The molecule has 27 heavy (non-hydrogen) atoms. The Morgan fingerprint density at radius 3 is 2.52 bits per heavy atom. The topological polar surface area (TPSA) is 68.0 Å². The molecule has 0 atom stereocenters. The zero-order valence-electron chi connectivity index (χ0n) is 15.4. The molecule has 2 heterocycles. The van der Waals surface area contributed by atoms with Crippen molar-refractivity contribution in [2.45, 2.75) is 20.8 Å². The van der Waals surface area contributed by atoms with E-state index in [0.717, 1.165) is 22.4 Å². The van der Waals surface area contributed by atoms with Crippen molar-refractivity contribution in [1.29, 1.82) is 0 Å². The Morgan fingerprint density at radius 1 is 1.00 bits per heavy atom. The number of amides is 1. The largest absolute Gasteiger partial charge is 0.335 e. The molecule has 1 N–H and O–H groups in total. The first kappa shape index (κ1) is 17.0. The van der Waals surface area contributed by atoms with Crippen molar-refractivity contribution in [3.63, 3.8) is 0 Å². The number of aryl methyl sites for hydroxylation is 3. The highest BCUT2D eigenvalue weighted by atomic mass is 16.5. The number of carbonyl (C=O) groups is 1. The normalized spacial score (nSPS) is 10.9. The minimum absolute atomic E-state index is 0.210. The lowest BCUT2D eigenvalue weighted by atomic mass is 10.0. The number of fused-ring (bicyclic) bond motifs is 1. The highest BCUT2D eigenvalue weighted by Crippen LogP contribution is 2.28. The van der Waals surface area contributed by atoms with Crippen molar-refractivity contribution in [1.82, 2.24) is 10.1 Å². The van der Waals surface area contributed by atoms with Gasteiger partial charge in [-0.05, 0) is 38.5 Å². The fourth-order valence-electron chi connectivity index (χ4n) is 3.17. The van der Waals surface area contributed by atoms with Gasteiger partial charge in [-0.3, -0.25) is 4.79 Å². The summed E-state index contributed by atoms with van der Waals surface area (Å²) in [7, 11) is 0. The summed E-state index contributed by atoms with van der Waals surface area (Å²) in [5.74, 6) is -0.210. The highest BCUT2D eigenvalue weighted by Gasteiger charge is 2.20. The Balaban J connectivity index is 1.81. The van der Waals surface area contributed by atoms with E-state index >= 15 is 0 Å². The van der Waals surface area contributed by atoms with E-state index in [1.165, 1.54) is 0 Å². The summed E-state index contributed by atoms with van der Waals surface area (Å²) in [5, 5.41) is 7.63. The first-order valence-electron chi connectivity index (χ1n) is 8.74. The molecular formula is C22H19N3O2. The van der Waals surface area contributed by atoms with Crippen molar-refractivity contribution >= 4 is 22.7 Å². The molecule has 134 valence electrons. The van der Waals surface area contributed by atoms with E-state index in [-0.39, 0.29) is 5.91 Å². The fourth-order valence-corrected chi connectivity index (χ4v) is 3.17. The average molecular weight is 357 g/mol. The van der Waals surface area contributed by atoms with E-state index in [4.69, 9.17) is 4.52 Å². The van der Waals surface area contributed by atoms with E-state index in [9.17, 15) is 4.79 Å². The maximum atomic E-state index is 13.1. The molecule has 5 heteroatoms. The summed E-state index contributed by atoms with van der Waals surface area (Å²) in [4.78, 5) is 17.6. The van der Waals surface area contributed by atoms with Crippen LogP contribution in [0.2, 0.25) is 0 Å². The van der Waals surface area contributed by atoms with Crippen LogP contribution >= 0.6 is 0 Å². The van der Waals surface area contributed by atoms with Gasteiger partial charge in [0.2, 0.25) is 0 Å². The molecule has 0 spiro atoms. The summed E-state index contributed by atoms with van der Waals surface area (Å²) in [6, 6.07) is 17.4. The number of benzene rings is 2. The second-order valence-electron chi connectivity index (χ2n) is 6.64. The molecule has 0 aliphatic carbocycles. The predicted octanol–water partition coefficient (Wildman–Crippen LogP) is 5.07. The number of pyridine rings is 1. The number of aromatic nitrogens is 2. The molecule has 0 fully saturated rings. The number of nitrogens with one attached hydrogen (secondary N) is 1. The molecule has 0 aliphatic rings. The minimum atomic E-state index is -0.210. The van der Waals surface area contributed by atoms with Crippen LogP contribution in [0.1, 0.15) is 27.2 Å². The van der Waals surface area contributed by atoms with Crippen molar-refractivity contribution in [2.24, 2.45) is 0 Å². The van der Waals surface area contributed by atoms with Gasteiger partial charge in [0, 0.05) is 11.3 Å². The first-order chi connectivity index (χ1) is 13.0. The smallest absolute Gasteiger partial charge is 0.259 e. The van der Waals surface area contributed by atoms with Crippen molar-refractivity contribution in [2.75, 3.05) is 5.32 Å². The van der Waals surface area contributed by atoms with Gasteiger partial charge in [0.1, 0.15) is 0 Å². The summed E-state index contributed by atoms with van der Waals surface area (Å²) in [5.41, 5.74) is 6.03.